The van der Waals surface area contributed by atoms with Gasteiger partial charge in [-0.1, -0.05) is 12.1 Å². The number of halogens is 1. The third-order valence-electron chi connectivity index (χ3n) is 3.64. The average molecular weight is 327 g/mol. The van der Waals surface area contributed by atoms with Gasteiger partial charge < -0.3 is 21.7 Å². The number of carbonyl (C=O) groups is 2. The first-order valence-electron chi connectivity index (χ1n) is 7.21. The van der Waals surface area contributed by atoms with E-state index in [1.165, 1.54) is 0 Å². The number of primary amides is 1. The van der Waals surface area contributed by atoms with Crippen LogP contribution in [0.1, 0.15) is 35.7 Å². The van der Waals surface area contributed by atoms with Crippen molar-refractivity contribution in [3.63, 3.8) is 0 Å². The van der Waals surface area contributed by atoms with Crippen molar-refractivity contribution >= 4 is 24.3 Å². The van der Waals surface area contributed by atoms with Crippen LogP contribution < -0.4 is 21.7 Å². The Kier molecular flexibility index (Phi) is 7.14. The highest BCUT2D eigenvalue weighted by Crippen LogP contribution is 2.10. The first kappa shape index (κ1) is 18.3. The predicted molar refractivity (Wildman–Crippen MR) is 88.1 cm³/mol. The van der Waals surface area contributed by atoms with Gasteiger partial charge in [-0.2, -0.15) is 0 Å². The molecule has 0 bridgehead atoms. The molecule has 1 heterocycles. The molecule has 7 heteroatoms. The van der Waals surface area contributed by atoms with Gasteiger partial charge in [0.15, 0.2) is 0 Å². The van der Waals surface area contributed by atoms with E-state index in [0.29, 0.717) is 18.2 Å². The molecule has 1 aromatic carbocycles. The van der Waals surface area contributed by atoms with Crippen LogP contribution in [0.2, 0.25) is 0 Å². The number of urea groups is 1. The van der Waals surface area contributed by atoms with E-state index in [1.54, 1.807) is 12.1 Å². The summed E-state index contributed by atoms with van der Waals surface area (Å²) in [5.41, 5.74) is 6.55. The van der Waals surface area contributed by atoms with Gasteiger partial charge >= 0.3 is 6.03 Å². The first-order chi connectivity index (χ1) is 10.0. The number of amides is 3. The minimum absolute atomic E-state index is 0. The second kappa shape index (κ2) is 8.60. The smallest absolute Gasteiger partial charge is 0.312 e. The molecule has 0 aromatic heterocycles. The molecule has 0 aliphatic carbocycles. The van der Waals surface area contributed by atoms with Crippen LogP contribution in [-0.4, -0.2) is 30.6 Å². The number of carbonyl (C=O) groups excluding carboxylic acids is 2. The quantitative estimate of drug-likeness (QED) is 0.668. The zero-order valence-corrected chi connectivity index (χ0v) is 13.4. The van der Waals surface area contributed by atoms with Crippen molar-refractivity contribution in [2.24, 2.45) is 5.73 Å². The summed E-state index contributed by atoms with van der Waals surface area (Å²) in [7, 11) is 0. The molecule has 1 aromatic rings. The van der Waals surface area contributed by atoms with Crippen LogP contribution in [0.25, 0.3) is 0 Å². The number of hydrogen-bond donors (Lipinski definition) is 4. The standard InChI is InChI=1S/C15H22N4O2.ClH/c1-10-8-13(6-7-17-10)19-14(20)12-4-2-11(3-5-12)9-18-15(16)21;/h2-5,10,13,17H,6-9H2,1H3,(H,19,20)(H3,16,18,21);1H. The van der Waals surface area contributed by atoms with Crippen molar-refractivity contribution in [3.8, 4) is 0 Å². The molecule has 0 spiro atoms. The lowest BCUT2D eigenvalue weighted by atomic mass is 10.00. The Hall–Kier alpha value is -1.79. The molecule has 5 N–H and O–H groups in total. The summed E-state index contributed by atoms with van der Waals surface area (Å²) in [6.07, 6.45) is 1.91. The number of hydrogen-bond acceptors (Lipinski definition) is 3. The number of benzene rings is 1. The Morgan fingerprint density at radius 1 is 1.32 bits per heavy atom. The Bertz CT molecular complexity index is 507. The van der Waals surface area contributed by atoms with Crippen LogP contribution in [0.5, 0.6) is 0 Å². The number of nitrogens with two attached hydrogens (primary N) is 1. The van der Waals surface area contributed by atoms with Crippen LogP contribution in [-0.2, 0) is 6.54 Å². The molecule has 1 fully saturated rings. The van der Waals surface area contributed by atoms with Gasteiger partial charge in [-0.15, -0.1) is 12.4 Å². The molecule has 3 amide bonds. The molecule has 2 atom stereocenters. The van der Waals surface area contributed by atoms with Crippen LogP contribution in [0, 0.1) is 0 Å². The number of rotatable bonds is 4. The maximum Gasteiger partial charge on any atom is 0.312 e. The summed E-state index contributed by atoms with van der Waals surface area (Å²) < 4.78 is 0. The van der Waals surface area contributed by atoms with Gasteiger partial charge in [-0.25, -0.2) is 4.79 Å². The monoisotopic (exact) mass is 326 g/mol. The van der Waals surface area contributed by atoms with E-state index < -0.39 is 6.03 Å². The summed E-state index contributed by atoms with van der Waals surface area (Å²) in [4.78, 5) is 22.8. The molecule has 122 valence electrons. The lowest BCUT2D eigenvalue weighted by Crippen LogP contribution is -2.46. The number of piperidine rings is 1. The fraction of sp³-hybridized carbons (Fsp3) is 0.467. The highest BCUT2D eigenvalue weighted by molar-refractivity contribution is 5.94. The minimum Gasteiger partial charge on any atom is -0.352 e. The Balaban J connectivity index is 0.00000242. The zero-order valence-electron chi connectivity index (χ0n) is 12.6. The lowest BCUT2D eigenvalue weighted by Gasteiger charge is -2.28. The van der Waals surface area contributed by atoms with Gasteiger partial charge in [0.05, 0.1) is 0 Å². The van der Waals surface area contributed by atoms with Gasteiger partial charge in [0, 0.05) is 24.2 Å². The van der Waals surface area contributed by atoms with Crippen molar-refractivity contribution in [1.82, 2.24) is 16.0 Å². The molecule has 6 nitrogen and oxygen atoms in total. The van der Waals surface area contributed by atoms with Gasteiger partial charge in [0.25, 0.3) is 5.91 Å². The lowest BCUT2D eigenvalue weighted by molar-refractivity contribution is 0.0925. The molecular formula is C15H23ClN4O2. The second-order valence-electron chi connectivity index (χ2n) is 5.46. The largest absolute Gasteiger partial charge is 0.352 e. The highest BCUT2D eigenvalue weighted by Gasteiger charge is 2.20. The SMILES string of the molecule is CC1CC(NC(=O)c2ccc(CNC(N)=O)cc2)CCN1.Cl. The summed E-state index contributed by atoms with van der Waals surface area (Å²) in [5.74, 6) is -0.0523. The van der Waals surface area contributed by atoms with Gasteiger partial charge in [0.2, 0.25) is 0 Å². The van der Waals surface area contributed by atoms with Gasteiger partial charge in [-0.3, -0.25) is 4.79 Å². The normalized spacial score (nSPS) is 20.6. The van der Waals surface area contributed by atoms with E-state index in [0.717, 1.165) is 24.9 Å². The van der Waals surface area contributed by atoms with E-state index >= 15 is 0 Å². The zero-order chi connectivity index (χ0) is 15.2. The fourth-order valence-corrected chi connectivity index (χ4v) is 2.49. The van der Waals surface area contributed by atoms with Crippen molar-refractivity contribution in [1.29, 1.82) is 0 Å². The maximum absolute atomic E-state index is 12.2. The summed E-state index contributed by atoms with van der Waals surface area (Å²) in [6.45, 7) is 3.42. The van der Waals surface area contributed by atoms with E-state index in [4.69, 9.17) is 5.73 Å². The fourth-order valence-electron chi connectivity index (χ4n) is 2.49. The van der Waals surface area contributed by atoms with Crippen LogP contribution in [0.15, 0.2) is 24.3 Å². The molecule has 2 unspecified atom stereocenters. The molecular weight excluding hydrogens is 304 g/mol. The van der Waals surface area contributed by atoms with Crippen molar-refractivity contribution < 1.29 is 9.59 Å². The van der Waals surface area contributed by atoms with E-state index in [-0.39, 0.29) is 24.4 Å². The Morgan fingerprint density at radius 2 is 2.00 bits per heavy atom. The van der Waals surface area contributed by atoms with Crippen molar-refractivity contribution in [3.05, 3.63) is 35.4 Å². The molecule has 1 saturated heterocycles. The molecule has 1 aliphatic rings. The molecule has 22 heavy (non-hydrogen) atoms. The highest BCUT2D eigenvalue weighted by atomic mass is 35.5. The second-order valence-corrected chi connectivity index (χ2v) is 5.46. The van der Waals surface area contributed by atoms with Crippen molar-refractivity contribution in [2.45, 2.75) is 38.4 Å². The van der Waals surface area contributed by atoms with E-state index in [9.17, 15) is 9.59 Å². The molecule has 0 saturated carbocycles. The molecule has 1 aliphatic heterocycles. The summed E-state index contributed by atoms with van der Waals surface area (Å²) >= 11 is 0. The third kappa shape index (κ3) is 5.54. The van der Waals surface area contributed by atoms with Crippen molar-refractivity contribution in [2.75, 3.05) is 6.54 Å². The Labute approximate surface area is 136 Å². The van der Waals surface area contributed by atoms with Crippen LogP contribution in [0.3, 0.4) is 0 Å². The van der Waals surface area contributed by atoms with Crippen LogP contribution in [0.4, 0.5) is 4.79 Å². The maximum atomic E-state index is 12.2. The predicted octanol–water partition coefficient (Wildman–Crippen LogP) is 1.15. The molecule has 0 radical (unpaired) electrons. The van der Waals surface area contributed by atoms with E-state index in [2.05, 4.69) is 22.9 Å². The third-order valence-corrected chi connectivity index (χ3v) is 3.64. The first-order valence-corrected chi connectivity index (χ1v) is 7.21. The van der Waals surface area contributed by atoms with E-state index in [1.807, 2.05) is 12.1 Å². The topological polar surface area (TPSA) is 96.2 Å². The summed E-state index contributed by atoms with van der Waals surface area (Å²) in [6, 6.07) is 7.26. The van der Waals surface area contributed by atoms with Gasteiger partial charge in [0.1, 0.15) is 0 Å². The van der Waals surface area contributed by atoms with Crippen LogP contribution >= 0.6 is 12.4 Å². The summed E-state index contributed by atoms with van der Waals surface area (Å²) in [5, 5.41) is 8.94. The minimum atomic E-state index is -0.558. The Morgan fingerprint density at radius 3 is 2.59 bits per heavy atom. The van der Waals surface area contributed by atoms with Gasteiger partial charge in [-0.05, 0) is 44.0 Å². The number of nitrogens with one attached hydrogen (secondary N) is 3. The molecule has 2 rings (SSSR count). The average Bonchev–Trinajstić information content (AvgIpc) is 2.45.